The van der Waals surface area contributed by atoms with Crippen molar-refractivity contribution in [3.8, 4) is 0 Å². The van der Waals surface area contributed by atoms with Crippen molar-refractivity contribution >= 4 is 17.3 Å². The molecule has 7 heteroatoms. The van der Waals surface area contributed by atoms with Crippen molar-refractivity contribution in [2.75, 3.05) is 5.43 Å². The van der Waals surface area contributed by atoms with Crippen LogP contribution in [0.5, 0.6) is 0 Å². The third kappa shape index (κ3) is 3.30. The number of hydrogen-bond acceptors (Lipinski definition) is 5. The lowest BCUT2D eigenvalue weighted by atomic mass is 10.00. The molecule has 1 aliphatic rings. The standard InChI is InChI=1S/C14H19N3O4/c1-9-4-3-5-10(2)16(9)15-13-8-11(17(20)21)6-7-12(13)14(18)19/h6-10,15H,3-5H2,1-2H3,(H,18,19). The Labute approximate surface area is 122 Å². The van der Waals surface area contributed by atoms with Crippen LogP contribution in [0, 0.1) is 10.1 Å². The Kier molecular flexibility index (Phi) is 4.42. The molecule has 0 spiro atoms. The number of nitro benzene ring substituents is 1. The van der Waals surface area contributed by atoms with Gasteiger partial charge in [0.2, 0.25) is 0 Å². The molecule has 1 aromatic rings. The normalized spacial score (nSPS) is 22.8. The van der Waals surface area contributed by atoms with Gasteiger partial charge in [-0.05, 0) is 32.8 Å². The first kappa shape index (κ1) is 15.2. The Morgan fingerprint density at radius 1 is 1.38 bits per heavy atom. The molecule has 0 radical (unpaired) electrons. The van der Waals surface area contributed by atoms with Crippen LogP contribution in [-0.2, 0) is 0 Å². The summed E-state index contributed by atoms with van der Waals surface area (Å²) in [7, 11) is 0. The van der Waals surface area contributed by atoms with Gasteiger partial charge in [-0.25, -0.2) is 9.80 Å². The molecule has 1 heterocycles. The third-order valence-electron chi connectivity index (χ3n) is 3.89. The van der Waals surface area contributed by atoms with E-state index in [4.69, 9.17) is 0 Å². The van der Waals surface area contributed by atoms with Crippen LogP contribution in [0.25, 0.3) is 0 Å². The van der Waals surface area contributed by atoms with Gasteiger partial charge in [0.15, 0.2) is 0 Å². The summed E-state index contributed by atoms with van der Waals surface area (Å²) in [4.78, 5) is 21.6. The number of carboxylic acids is 1. The van der Waals surface area contributed by atoms with Crippen molar-refractivity contribution in [1.29, 1.82) is 0 Å². The van der Waals surface area contributed by atoms with E-state index in [-0.39, 0.29) is 29.0 Å². The minimum atomic E-state index is -1.11. The van der Waals surface area contributed by atoms with E-state index in [0.29, 0.717) is 0 Å². The summed E-state index contributed by atoms with van der Waals surface area (Å²) in [5, 5.41) is 22.1. The van der Waals surface area contributed by atoms with Crippen molar-refractivity contribution in [1.82, 2.24) is 5.01 Å². The van der Waals surface area contributed by atoms with Crippen molar-refractivity contribution in [2.45, 2.75) is 45.2 Å². The highest BCUT2D eigenvalue weighted by Crippen LogP contribution is 2.27. The average Bonchev–Trinajstić information content (AvgIpc) is 2.42. The Morgan fingerprint density at radius 2 is 2.00 bits per heavy atom. The first-order valence-corrected chi connectivity index (χ1v) is 6.97. The Hall–Kier alpha value is -2.15. The molecule has 0 saturated carbocycles. The van der Waals surface area contributed by atoms with Gasteiger partial charge in [-0.1, -0.05) is 6.42 Å². The monoisotopic (exact) mass is 293 g/mol. The number of non-ortho nitro benzene ring substituents is 1. The van der Waals surface area contributed by atoms with Gasteiger partial charge in [-0.15, -0.1) is 0 Å². The zero-order chi connectivity index (χ0) is 15.6. The summed E-state index contributed by atoms with van der Waals surface area (Å²) in [6, 6.07) is 4.24. The summed E-state index contributed by atoms with van der Waals surface area (Å²) in [6.07, 6.45) is 3.14. The van der Waals surface area contributed by atoms with E-state index in [9.17, 15) is 20.0 Å². The summed E-state index contributed by atoms with van der Waals surface area (Å²) >= 11 is 0. The largest absolute Gasteiger partial charge is 0.478 e. The van der Waals surface area contributed by atoms with Crippen LogP contribution >= 0.6 is 0 Å². The third-order valence-corrected chi connectivity index (χ3v) is 3.89. The highest BCUT2D eigenvalue weighted by molar-refractivity contribution is 5.94. The first-order chi connectivity index (χ1) is 9.90. The molecule has 2 N–H and O–H groups in total. The van der Waals surface area contributed by atoms with Crippen molar-refractivity contribution < 1.29 is 14.8 Å². The summed E-state index contributed by atoms with van der Waals surface area (Å²) in [6.45, 7) is 4.11. The summed E-state index contributed by atoms with van der Waals surface area (Å²) in [5.74, 6) is -1.11. The molecule has 0 aromatic heterocycles. The maximum Gasteiger partial charge on any atom is 0.337 e. The van der Waals surface area contributed by atoms with E-state index in [0.717, 1.165) is 19.3 Å². The van der Waals surface area contributed by atoms with Crippen LogP contribution in [0.3, 0.4) is 0 Å². The molecule has 1 saturated heterocycles. The molecule has 1 fully saturated rings. The van der Waals surface area contributed by atoms with Crippen molar-refractivity contribution in [2.24, 2.45) is 0 Å². The summed E-state index contributed by atoms with van der Waals surface area (Å²) < 4.78 is 0. The van der Waals surface area contributed by atoms with E-state index in [1.807, 2.05) is 5.01 Å². The van der Waals surface area contributed by atoms with Crippen LogP contribution in [0.15, 0.2) is 18.2 Å². The Balaban J connectivity index is 2.34. The quantitative estimate of drug-likeness (QED) is 0.654. The smallest absolute Gasteiger partial charge is 0.337 e. The zero-order valence-electron chi connectivity index (χ0n) is 12.1. The predicted octanol–water partition coefficient (Wildman–Crippen LogP) is 2.88. The van der Waals surface area contributed by atoms with E-state index < -0.39 is 10.9 Å². The maximum absolute atomic E-state index is 11.3. The van der Waals surface area contributed by atoms with Crippen molar-refractivity contribution in [3.05, 3.63) is 33.9 Å². The van der Waals surface area contributed by atoms with Gasteiger partial charge in [0.25, 0.3) is 5.69 Å². The number of piperidine rings is 1. The molecule has 0 amide bonds. The fourth-order valence-electron chi connectivity index (χ4n) is 2.71. The van der Waals surface area contributed by atoms with Gasteiger partial charge in [0.05, 0.1) is 16.2 Å². The number of carbonyl (C=O) groups is 1. The lowest BCUT2D eigenvalue weighted by Gasteiger charge is -2.39. The van der Waals surface area contributed by atoms with Gasteiger partial charge >= 0.3 is 5.97 Å². The molecule has 114 valence electrons. The van der Waals surface area contributed by atoms with Crippen molar-refractivity contribution in [3.63, 3.8) is 0 Å². The molecule has 2 rings (SSSR count). The minimum Gasteiger partial charge on any atom is -0.478 e. The molecule has 7 nitrogen and oxygen atoms in total. The molecule has 1 aliphatic heterocycles. The number of benzene rings is 1. The summed E-state index contributed by atoms with van der Waals surface area (Å²) in [5.41, 5.74) is 3.24. The molecule has 2 atom stereocenters. The van der Waals surface area contributed by atoms with Crippen LogP contribution < -0.4 is 5.43 Å². The second-order valence-corrected chi connectivity index (χ2v) is 5.44. The van der Waals surface area contributed by atoms with E-state index in [1.165, 1.54) is 18.2 Å². The molecule has 2 unspecified atom stereocenters. The van der Waals surface area contributed by atoms with Gasteiger partial charge in [-0.3, -0.25) is 10.1 Å². The highest BCUT2D eigenvalue weighted by Gasteiger charge is 2.26. The van der Waals surface area contributed by atoms with Crippen LogP contribution in [0.1, 0.15) is 43.5 Å². The number of nitro groups is 1. The van der Waals surface area contributed by atoms with Gasteiger partial charge in [0.1, 0.15) is 0 Å². The number of nitrogens with zero attached hydrogens (tertiary/aromatic N) is 2. The molecule has 1 aromatic carbocycles. The first-order valence-electron chi connectivity index (χ1n) is 6.97. The number of nitrogens with one attached hydrogen (secondary N) is 1. The van der Waals surface area contributed by atoms with Crippen LogP contribution in [-0.4, -0.2) is 33.1 Å². The van der Waals surface area contributed by atoms with E-state index in [2.05, 4.69) is 19.3 Å². The maximum atomic E-state index is 11.3. The SMILES string of the molecule is CC1CCCC(C)N1Nc1cc([N+](=O)[O-])ccc1C(=O)O. The fraction of sp³-hybridized carbons (Fsp3) is 0.500. The Morgan fingerprint density at radius 3 is 2.52 bits per heavy atom. The molecule has 0 aliphatic carbocycles. The number of aromatic carboxylic acids is 1. The highest BCUT2D eigenvalue weighted by atomic mass is 16.6. The second-order valence-electron chi connectivity index (χ2n) is 5.44. The second kappa shape index (κ2) is 6.09. The lowest BCUT2D eigenvalue weighted by Crippen LogP contribution is -2.47. The molecule has 0 bridgehead atoms. The number of anilines is 1. The van der Waals surface area contributed by atoms with E-state index >= 15 is 0 Å². The number of rotatable bonds is 4. The molecular formula is C14H19N3O4. The van der Waals surface area contributed by atoms with Crippen LogP contribution in [0.4, 0.5) is 11.4 Å². The molecular weight excluding hydrogens is 274 g/mol. The van der Waals surface area contributed by atoms with E-state index in [1.54, 1.807) is 0 Å². The topological polar surface area (TPSA) is 95.7 Å². The zero-order valence-corrected chi connectivity index (χ0v) is 12.1. The fourth-order valence-corrected chi connectivity index (χ4v) is 2.71. The van der Waals surface area contributed by atoms with Crippen LogP contribution in [0.2, 0.25) is 0 Å². The minimum absolute atomic E-state index is 0.0329. The molecule has 21 heavy (non-hydrogen) atoms. The average molecular weight is 293 g/mol. The van der Waals surface area contributed by atoms with Gasteiger partial charge in [0, 0.05) is 24.2 Å². The number of carboxylic acid groups (broad SMARTS) is 1. The Bertz CT molecular complexity index is 551. The number of hydrazine groups is 1. The lowest BCUT2D eigenvalue weighted by molar-refractivity contribution is -0.384. The predicted molar refractivity (Wildman–Crippen MR) is 78.3 cm³/mol. The number of hydrogen-bond donors (Lipinski definition) is 2. The van der Waals surface area contributed by atoms with Gasteiger partial charge < -0.3 is 10.5 Å². The van der Waals surface area contributed by atoms with Gasteiger partial charge in [-0.2, -0.15) is 0 Å².